The molecule has 2 heterocycles. The third-order valence-electron chi connectivity index (χ3n) is 5.60. The summed E-state index contributed by atoms with van der Waals surface area (Å²) in [7, 11) is 3.63. The van der Waals surface area contributed by atoms with Gasteiger partial charge in [0.05, 0.1) is 7.11 Å². The van der Waals surface area contributed by atoms with Crippen molar-refractivity contribution in [3.05, 3.63) is 24.3 Å². The number of anilines is 1. The highest BCUT2D eigenvalue weighted by Crippen LogP contribution is 2.27. The molecule has 0 aromatic heterocycles. The summed E-state index contributed by atoms with van der Waals surface area (Å²) in [5, 5.41) is 4.35. The average Bonchev–Trinajstić information content (AvgIpc) is 3.18. The minimum absolute atomic E-state index is 0. The predicted octanol–water partition coefficient (Wildman–Crippen LogP) is 3.79. The number of guanidine groups is 1. The molecule has 2 aliphatic heterocycles. The van der Waals surface area contributed by atoms with Crippen LogP contribution in [0.3, 0.4) is 0 Å². The molecule has 0 amide bonds. The van der Waals surface area contributed by atoms with Gasteiger partial charge in [-0.3, -0.25) is 4.99 Å². The molecule has 28 heavy (non-hydrogen) atoms. The number of nitrogens with zero attached hydrogens (tertiary/aromatic N) is 3. The normalized spacial score (nSPS) is 23.0. The second kappa shape index (κ2) is 11.4. The van der Waals surface area contributed by atoms with E-state index >= 15 is 0 Å². The molecule has 0 radical (unpaired) electrons. The van der Waals surface area contributed by atoms with Crippen molar-refractivity contribution in [1.82, 2.24) is 10.2 Å². The van der Waals surface area contributed by atoms with Gasteiger partial charge in [-0.25, -0.2) is 0 Å². The fourth-order valence-corrected chi connectivity index (χ4v) is 5.18. The van der Waals surface area contributed by atoms with Gasteiger partial charge in [0.25, 0.3) is 0 Å². The zero-order valence-electron chi connectivity index (χ0n) is 17.6. The van der Waals surface area contributed by atoms with Gasteiger partial charge in [0.1, 0.15) is 5.75 Å². The summed E-state index contributed by atoms with van der Waals surface area (Å²) in [6.07, 6.45) is 1.21. The van der Waals surface area contributed by atoms with Gasteiger partial charge >= 0.3 is 0 Å². The molecule has 3 rings (SSSR count). The lowest BCUT2D eigenvalue weighted by atomic mass is 10.1. The molecule has 2 atom stereocenters. The van der Waals surface area contributed by atoms with Crippen LogP contribution >= 0.6 is 35.7 Å². The Labute approximate surface area is 191 Å². The van der Waals surface area contributed by atoms with E-state index in [2.05, 4.69) is 63.9 Å². The number of rotatable bonds is 5. The van der Waals surface area contributed by atoms with E-state index in [0.29, 0.717) is 17.1 Å². The van der Waals surface area contributed by atoms with Crippen molar-refractivity contribution in [1.29, 1.82) is 0 Å². The number of thioether (sulfide) groups is 1. The maximum Gasteiger partial charge on any atom is 0.193 e. The van der Waals surface area contributed by atoms with Crippen LogP contribution in [0.25, 0.3) is 0 Å². The Morgan fingerprint density at radius 1 is 1.32 bits per heavy atom. The summed E-state index contributed by atoms with van der Waals surface area (Å²) in [6, 6.07) is 8.38. The Morgan fingerprint density at radius 2 is 2.14 bits per heavy atom. The molecule has 2 unspecified atom stereocenters. The minimum Gasteiger partial charge on any atom is -0.497 e. The first-order chi connectivity index (χ1) is 13.1. The third kappa shape index (κ3) is 6.08. The summed E-state index contributed by atoms with van der Waals surface area (Å²) < 4.78 is 5.37. The van der Waals surface area contributed by atoms with Gasteiger partial charge in [-0.05, 0) is 30.4 Å². The summed E-state index contributed by atoms with van der Waals surface area (Å²) in [4.78, 5) is 9.46. The van der Waals surface area contributed by atoms with Crippen LogP contribution in [0.2, 0.25) is 0 Å². The largest absolute Gasteiger partial charge is 0.497 e. The van der Waals surface area contributed by atoms with Gasteiger partial charge < -0.3 is 19.9 Å². The Bertz CT molecular complexity index is 643. The summed E-state index contributed by atoms with van der Waals surface area (Å²) >= 11 is 2.11. The number of methoxy groups -OCH3 is 1. The first-order valence-corrected chi connectivity index (χ1v) is 11.1. The molecule has 2 aliphatic rings. The summed E-state index contributed by atoms with van der Waals surface area (Å²) in [5.74, 6) is 4.55. The lowest BCUT2D eigenvalue weighted by molar-refractivity contribution is 0.377. The number of nitrogens with one attached hydrogen (secondary N) is 1. The fourth-order valence-electron chi connectivity index (χ4n) is 3.88. The van der Waals surface area contributed by atoms with Crippen molar-refractivity contribution in [2.24, 2.45) is 16.8 Å². The molecule has 2 saturated heterocycles. The highest BCUT2D eigenvalue weighted by Gasteiger charge is 2.27. The molecule has 7 heteroatoms. The van der Waals surface area contributed by atoms with Gasteiger partial charge in [0.2, 0.25) is 0 Å². The Morgan fingerprint density at radius 3 is 2.86 bits per heavy atom. The number of hydrogen-bond donors (Lipinski definition) is 1. The molecule has 158 valence electrons. The van der Waals surface area contributed by atoms with Gasteiger partial charge in [-0.1, -0.05) is 19.9 Å². The van der Waals surface area contributed by atoms with Crippen molar-refractivity contribution in [3.8, 4) is 5.75 Å². The quantitative estimate of drug-likeness (QED) is 0.365. The third-order valence-corrected chi connectivity index (χ3v) is 7.14. The van der Waals surface area contributed by atoms with E-state index in [9.17, 15) is 0 Å². The molecule has 0 aliphatic carbocycles. The lowest BCUT2D eigenvalue weighted by Gasteiger charge is -2.36. The van der Waals surface area contributed by atoms with Crippen molar-refractivity contribution in [2.45, 2.75) is 25.5 Å². The predicted molar refractivity (Wildman–Crippen MR) is 133 cm³/mol. The molecule has 1 aromatic carbocycles. The van der Waals surface area contributed by atoms with Gasteiger partial charge in [0, 0.05) is 62.5 Å². The van der Waals surface area contributed by atoms with Crippen molar-refractivity contribution >= 4 is 47.4 Å². The number of hydrogen-bond acceptors (Lipinski definition) is 4. The zero-order chi connectivity index (χ0) is 19.2. The number of aliphatic imine (C=N–C) groups is 1. The zero-order valence-corrected chi connectivity index (χ0v) is 20.7. The second-order valence-electron chi connectivity index (χ2n) is 7.83. The molecule has 1 aromatic rings. The highest BCUT2D eigenvalue weighted by atomic mass is 127. The Hall–Kier alpha value is -0.830. The van der Waals surface area contributed by atoms with Crippen LogP contribution in [0.5, 0.6) is 5.75 Å². The van der Waals surface area contributed by atoms with Gasteiger partial charge in [-0.15, -0.1) is 24.0 Å². The maximum absolute atomic E-state index is 5.37. The Kier molecular flexibility index (Phi) is 9.53. The summed E-state index contributed by atoms with van der Waals surface area (Å²) in [5.41, 5.74) is 1.26. The van der Waals surface area contributed by atoms with E-state index in [-0.39, 0.29) is 24.0 Å². The van der Waals surface area contributed by atoms with Crippen molar-refractivity contribution in [2.75, 3.05) is 57.5 Å². The molecule has 5 nitrogen and oxygen atoms in total. The van der Waals surface area contributed by atoms with E-state index in [1.807, 2.05) is 13.1 Å². The fraction of sp³-hybridized carbons (Fsp3) is 0.667. The number of ether oxygens (including phenoxy) is 1. The van der Waals surface area contributed by atoms with E-state index in [1.165, 1.54) is 17.9 Å². The van der Waals surface area contributed by atoms with Crippen LogP contribution in [-0.2, 0) is 0 Å². The molecule has 0 saturated carbocycles. The minimum atomic E-state index is 0. The SMILES string of the molecule is CN=C(NCC1CCN(c2cccc(OC)c2)C1)N1CCSC(C(C)C)C1.I. The van der Waals surface area contributed by atoms with Crippen LogP contribution < -0.4 is 15.0 Å². The molecule has 0 bridgehead atoms. The average molecular weight is 519 g/mol. The van der Waals surface area contributed by atoms with E-state index in [4.69, 9.17) is 4.74 Å². The van der Waals surface area contributed by atoms with Gasteiger partial charge in [0.15, 0.2) is 5.96 Å². The molecule has 2 fully saturated rings. The van der Waals surface area contributed by atoms with Crippen LogP contribution in [0.15, 0.2) is 29.3 Å². The monoisotopic (exact) mass is 518 g/mol. The number of benzene rings is 1. The highest BCUT2D eigenvalue weighted by molar-refractivity contribution is 14.0. The smallest absolute Gasteiger partial charge is 0.193 e. The van der Waals surface area contributed by atoms with Crippen LogP contribution in [0, 0.1) is 11.8 Å². The van der Waals surface area contributed by atoms with E-state index in [1.54, 1.807) is 7.11 Å². The summed E-state index contributed by atoms with van der Waals surface area (Å²) in [6.45, 7) is 10.0. The topological polar surface area (TPSA) is 40.1 Å². The van der Waals surface area contributed by atoms with Gasteiger partial charge in [-0.2, -0.15) is 11.8 Å². The van der Waals surface area contributed by atoms with E-state index < -0.39 is 0 Å². The number of halogens is 1. The first-order valence-electron chi connectivity index (χ1n) is 10.1. The van der Waals surface area contributed by atoms with Crippen LogP contribution in [0.4, 0.5) is 5.69 Å². The van der Waals surface area contributed by atoms with Crippen molar-refractivity contribution < 1.29 is 4.74 Å². The first kappa shape index (κ1) is 23.4. The molecule has 0 spiro atoms. The van der Waals surface area contributed by atoms with Crippen LogP contribution in [0.1, 0.15) is 20.3 Å². The Balaban J connectivity index is 0.00000280. The maximum atomic E-state index is 5.37. The molecular formula is C21H35IN4OS. The molecule has 1 N–H and O–H groups in total. The molecular weight excluding hydrogens is 483 g/mol. The van der Waals surface area contributed by atoms with E-state index in [0.717, 1.165) is 44.4 Å². The van der Waals surface area contributed by atoms with Crippen LogP contribution in [-0.4, -0.2) is 68.7 Å². The van der Waals surface area contributed by atoms with Crippen molar-refractivity contribution in [3.63, 3.8) is 0 Å². The lowest BCUT2D eigenvalue weighted by Crippen LogP contribution is -2.50. The standard InChI is InChI=1S/C21H34N4OS.HI/c1-16(2)20-15-25(10-11-27-20)21(22-3)23-13-17-8-9-24(14-17)18-6-5-7-19(12-18)26-4;/h5-7,12,16-17,20H,8-11,13-15H2,1-4H3,(H,22,23);1H. The second-order valence-corrected chi connectivity index (χ2v) is 9.18.